The third-order valence-electron chi connectivity index (χ3n) is 7.07. The second kappa shape index (κ2) is 14.1. The zero-order valence-electron chi connectivity index (χ0n) is 23.0. The van der Waals surface area contributed by atoms with Crippen LogP contribution in [-0.4, -0.2) is 61.0 Å². The number of Topliss-reactive ketones (excluding diaryl/α,β-unsaturated/α-hetero) is 1. The van der Waals surface area contributed by atoms with Crippen molar-refractivity contribution in [2.45, 2.75) is 82.9 Å². The topological polar surface area (TPSA) is 123 Å². The van der Waals surface area contributed by atoms with Crippen molar-refractivity contribution in [3.63, 3.8) is 0 Å². The smallest absolute Gasteiger partial charge is 0.408 e. The molecule has 3 unspecified atom stereocenters. The van der Waals surface area contributed by atoms with Gasteiger partial charge < -0.3 is 25.4 Å². The Bertz CT molecular complexity index is 1150. The van der Waals surface area contributed by atoms with Crippen LogP contribution in [0, 0.1) is 35.1 Å². The van der Waals surface area contributed by atoms with E-state index in [1.165, 1.54) is 0 Å². The fourth-order valence-electron chi connectivity index (χ4n) is 4.78. The molecule has 0 radical (unpaired) electrons. The summed E-state index contributed by atoms with van der Waals surface area (Å²) in [4.78, 5) is 50.9. The Balaban J connectivity index is 1.71. The summed E-state index contributed by atoms with van der Waals surface area (Å²) >= 11 is 0. The van der Waals surface area contributed by atoms with Crippen LogP contribution >= 0.6 is 0 Å². The van der Waals surface area contributed by atoms with Crippen molar-refractivity contribution >= 4 is 23.7 Å². The highest BCUT2D eigenvalue weighted by Crippen LogP contribution is 2.34. The van der Waals surface area contributed by atoms with Crippen molar-refractivity contribution in [2.75, 3.05) is 13.2 Å². The summed E-state index contributed by atoms with van der Waals surface area (Å²) in [6.45, 7) is 2.69. The summed E-state index contributed by atoms with van der Waals surface area (Å²) in [5, 5.41) is 7.38. The molecule has 3 amide bonds. The van der Waals surface area contributed by atoms with E-state index in [4.69, 9.17) is 9.47 Å². The number of alkyl carbamates (subject to hydrolysis) is 1. The van der Waals surface area contributed by atoms with E-state index >= 15 is 0 Å². The van der Waals surface area contributed by atoms with Crippen LogP contribution in [0.2, 0.25) is 0 Å². The molecule has 1 aromatic carbocycles. The molecule has 9 nitrogen and oxygen atoms in total. The zero-order valence-corrected chi connectivity index (χ0v) is 23.0. The number of benzene rings is 1. The van der Waals surface area contributed by atoms with Crippen LogP contribution in [0.1, 0.15) is 58.8 Å². The van der Waals surface area contributed by atoms with Gasteiger partial charge in [-0.2, -0.15) is 8.78 Å². The van der Waals surface area contributed by atoms with E-state index in [1.54, 1.807) is 13.8 Å². The molecule has 1 heterocycles. The predicted octanol–water partition coefficient (Wildman–Crippen LogP) is 3.92. The fourth-order valence-corrected chi connectivity index (χ4v) is 4.78. The Hall–Kier alpha value is -3.52. The number of ketones is 1. The van der Waals surface area contributed by atoms with E-state index < -0.39 is 102 Å². The standard InChI is InChI=1S/C27H33F6N3O6/c1-13(2)9-19(36-26(40)42-15-3-6-27(32,33)7-4-15)25(39)35-18(10-14-5-8-34-24(14)38)20(37)12-41-23-21(30)16(28)11-17(29)22(23)31/h11,13-15,18-19H,3-10,12H2,1-2H3,(H,34,38)(H,35,39)(H,36,40). The van der Waals surface area contributed by atoms with Gasteiger partial charge >= 0.3 is 6.09 Å². The summed E-state index contributed by atoms with van der Waals surface area (Å²) in [7, 11) is 0. The number of amides is 3. The monoisotopic (exact) mass is 609 g/mol. The number of rotatable bonds is 12. The zero-order chi connectivity index (χ0) is 31.2. The van der Waals surface area contributed by atoms with E-state index in [9.17, 15) is 45.5 Å². The molecule has 0 bridgehead atoms. The van der Waals surface area contributed by atoms with Gasteiger partial charge in [0.1, 0.15) is 18.8 Å². The molecule has 3 rings (SSSR count). The molecule has 15 heteroatoms. The third-order valence-corrected chi connectivity index (χ3v) is 7.07. The van der Waals surface area contributed by atoms with Crippen LogP contribution in [0.25, 0.3) is 0 Å². The van der Waals surface area contributed by atoms with Crippen LogP contribution in [0.15, 0.2) is 6.07 Å². The largest absolute Gasteiger partial charge is 0.479 e. The first kappa shape index (κ1) is 33.0. The highest BCUT2D eigenvalue weighted by Gasteiger charge is 2.37. The minimum Gasteiger partial charge on any atom is -0.479 e. The van der Waals surface area contributed by atoms with Crippen molar-refractivity contribution in [2.24, 2.45) is 11.8 Å². The lowest BCUT2D eigenvalue weighted by Gasteiger charge is -2.29. The molecule has 3 N–H and O–H groups in total. The highest BCUT2D eigenvalue weighted by atomic mass is 19.3. The molecular formula is C27H33F6N3O6. The minimum absolute atomic E-state index is 0.0303. The molecular weight excluding hydrogens is 576 g/mol. The third kappa shape index (κ3) is 8.99. The molecule has 1 saturated carbocycles. The van der Waals surface area contributed by atoms with E-state index in [0.717, 1.165) is 0 Å². The maximum absolute atomic E-state index is 14.0. The van der Waals surface area contributed by atoms with Gasteiger partial charge in [-0.25, -0.2) is 22.4 Å². The average molecular weight is 610 g/mol. The van der Waals surface area contributed by atoms with E-state index in [1.807, 2.05) is 0 Å². The number of hydrogen-bond donors (Lipinski definition) is 3. The number of carbonyl (C=O) groups excluding carboxylic acids is 4. The van der Waals surface area contributed by atoms with Gasteiger partial charge in [-0.1, -0.05) is 13.8 Å². The van der Waals surface area contributed by atoms with Crippen LogP contribution in [0.4, 0.5) is 31.1 Å². The summed E-state index contributed by atoms with van der Waals surface area (Å²) in [5.41, 5.74) is 0. The average Bonchev–Trinajstić information content (AvgIpc) is 3.31. The first-order chi connectivity index (χ1) is 19.7. The minimum atomic E-state index is -2.84. The summed E-state index contributed by atoms with van der Waals surface area (Å²) in [6.07, 6.45) is -2.65. The fraction of sp³-hybridized carbons (Fsp3) is 0.630. The lowest BCUT2D eigenvalue weighted by Crippen LogP contribution is -2.53. The first-order valence-electron chi connectivity index (χ1n) is 13.6. The van der Waals surface area contributed by atoms with Crippen molar-refractivity contribution in [1.82, 2.24) is 16.0 Å². The highest BCUT2D eigenvalue weighted by molar-refractivity contribution is 5.93. The molecule has 3 atom stereocenters. The van der Waals surface area contributed by atoms with Gasteiger partial charge in [0.05, 0.1) is 6.04 Å². The van der Waals surface area contributed by atoms with Gasteiger partial charge in [0.2, 0.25) is 29.4 Å². The van der Waals surface area contributed by atoms with Crippen LogP contribution in [0.5, 0.6) is 5.75 Å². The molecule has 1 saturated heterocycles. The van der Waals surface area contributed by atoms with Crippen molar-refractivity contribution in [3.05, 3.63) is 29.3 Å². The van der Waals surface area contributed by atoms with Gasteiger partial charge in [-0.15, -0.1) is 0 Å². The van der Waals surface area contributed by atoms with Crippen molar-refractivity contribution in [1.29, 1.82) is 0 Å². The Kier molecular flexibility index (Phi) is 11.1. The summed E-state index contributed by atoms with van der Waals surface area (Å²) in [6, 6.07) is -2.73. The second-order valence-corrected chi connectivity index (χ2v) is 10.9. The van der Waals surface area contributed by atoms with Gasteiger partial charge in [-0.05, 0) is 38.0 Å². The van der Waals surface area contributed by atoms with E-state index in [0.29, 0.717) is 13.0 Å². The molecule has 0 aromatic heterocycles. The molecule has 0 spiro atoms. The van der Waals surface area contributed by atoms with Crippen LogP contribution in [-0.2, 0) is 19.1 Å². The van der Waals surface area contributed by atoms with Crippen molar-refractivity contribution in [3.8, 4) is 5.75 Å². The number of hydrogen-bond acceptors (Lipinski definition) is 6. The number of halogens is 6. The van der Waals surface area contributed by atoms with Gasteiger partial charge in [0.25, 0.3) is 0 Å². The van der Waals surface area contributed by atoms with Crippen LogP contribution in [0.3, 0.4) is 0 Å². The van der Waals surface area contributed by atoms with E-state index in [-0.39, 0.29) is 37.7 Å². The Morgan fingerprint density at radius 1 is 1.00 bits per heavy atom. The first-order valence-corrected chi connectivity index (χ1v) is 13.6. The lowest BCUT2D eigenvalue weighted by molar-refractivity contribution is -0.131. The maximum atomic E-state index is 14.0. The second-order valence-electron chi connectivity index (χ2n) is 10.9. The van der Waals surface area contributed by atoms with Crippen molar-refractivity contribution < 1.29 is 55.0 Å². The number of ether oxygens (including phenoxy) is 2. The Labute approximate surface area is 238 Å². The van der Waals surface area contributed by atoms with E-state index in [2.05, 4.69) is 16.0 Å². The molecule has 2 aliphatic rings. The quantitative estimate of drug-likeness (QED) is 0.244. The SMILES string of the molecule is CC(C)CC(NC(=O)OC1CCC(F)(F)CC1)C(=O)NC(CC1CCNC1=O)C(=O)COc1c(F)c(F)cc(F)c1F. The summed E-state index contributed by atoms with van der Waals surface area (Å²) < 4.78 is 91.9. The number of nitrogens with one attached hydrogen (secondary N) is 3. The molecule has 234 valence electrons. The number of carbonyl (C=O) groups is 4. The molecule has 1 aliphatic carbocycles. The van der Waals surface area contributed by atoms with Gasteiger partial charge in [0, 0.05) is 31.4 Å². The molecule has 42 heavy (non-hydrogen) atoms. The van der Waals surface area contributed by atoms with Gasteiger partial charge in [0.15, 0.2) is 23.2 Å². The number of alkyl halides is 2. The van der Waals surface area contributed by atoms with Gasteiger partial charge in [-0.3, -0.25) is 14.4 Å². The predicted molar refractivity (Wildman–Crippen MR) is 135 cm³/mol. The lowest BCUT2D eigenvalue weighted by atomic mass is 9.94. The normalized spacial score (nSPS) is 20.0. The summed E-state index contributed by atoms with van der Waals surface area (Å²) in [5.74, 6) is -14.6. The molecule has 2 fully saturated rings. The maximum Gasteiger partial charge on any atom is 0.408 e. The Morgan fingerprint density at radius 2 is 1.62 bits per heavy atom. The molecule has 1 aromatic rings. The Morgan fingerprint density at radius 3 is 2.17 bits per heavy atom. The molecule has 1 aliphatic heterocycles. The van der Waals surface area contributed by atoms with Crippen LogP contribution < -0.4 is 20.7 Å².